The molecule has 0 aliphatic carbocycles. The van der Waals surface area contributed by atoms with Gasteiger partial charge < -0.3 is 9.64 Å². The zero-order valence-electron chi connectivity index (χ0n) is 11.5. The van der Waals surface area contributed by atoms with Crippen LogP contribution in [0.1, 0.15) is 26.2 Å². The molecule has 0 bridgehead atoms. The summed E-state index contributed by atoms with van der Waals surface area (Å²) in [5.74, 6) is 4.84. The molecule has 6 heteroatoms. The molecule has 2 amide bonds. The first-order valence-electron chi connectivity index (χ1n) is 6.55. The van der Waals surface area contributed by atoms with Crippen molar-refractivity contribution in [3.8, 4) is 0 Å². The highest BCUT2D eigenvalue weighted by Crippen LogP contribution is 2.17. The van der Waals surface area contributed by atoms with Gasteiger partial charge in [0.05, 0.1) is 6.61 Å². The zero-order chi connectivity index (χ0) is 14.3. The second-order valence-corrected chi connectivity index (χ2v) is 4.92. The minimum absolute atomic E-state index is 0.0201. The standard InChI is InChI=1S/C13H23N3O3/c1-10(2)5-8-19-9-12(17)16-6-3-11(4-7-16)13(18)15-14/h11H,1,3-9,14H2,2H3,(H,15,18). The molecule has 1 saturated heterocycles. The summed E-state index contributed by atoms with van der Waals surface area (Å²) in [6.45, 7) is 7.49. The lowest BCUT2D eigenvalue weighted by Gasteiger charge is -2.30. The number of nitrogens with zero attached hydrogens (tertiary/aromatic N) is 1. The Morgan fingerprint density at radius 3 is 2.58 bits per heavy atom. The molecule has 0 aromatic rings. The highest BCUT2D eigenvalue weighted by molar-refractivity contribution is 5.80. The van der Waals surface area contributed by atoms with Crippen LogP contribution in [0.4, 0.5) is 0 Å². The van der Waals surface area contributed by atoms with Crippen LogP contribution in [0.25, 0.3) is 0 Å². The summed E-state index contributed by atoms with van der Waals surface area (Å²) < 4.78 is 5.30. The third-order valence-electron chi connectivity index (χ3n) is 3.26. The predicted molar refractivity (Wildman–Crippen MR) is 71.9 cm³/mol. The van der Waals surface area contributed by atoms with Gasteiger partial charge in [-0.15, -0.1) is 6.58 Å². The first-order chi connectivity index (χ1) is 9.04. The van der Waals surface area contributed by atoms with Crippen molar-refractivity contribution in [3.63, 3.8) is 0 Å². The SMILES string of the molecule is C=C(C)CCOCC(=O)N1CCC(C(=O)NN)CC1. The van der Waals surface area contributed by atoms with Crippen molar-refractivity contribution in [3.05, 3.63) is 12.2 Å². The van der Waals surface area contributed by atoms with Crippen LogP contribution < -0.4 is 11.3 Å². The second kappa shape index (κ2) is 7.91. The maximum Gasteiger partial charge on any atom is 0.248 e. The Morgan fingerprint density at radius 1 is 1.42 bits per heavy atom. The van der Waals surface area contributed by atoms with E-state index in [2.05, 4.69) is 12.0 Å². The van der Waals surface area contributed by atoms with Crippen LogP contribution in [0.15, 0.2) is 12.2 Å². The van der Waals surface area contributed by atoms with Crippen molar-refractivity contribution in [1.29, 1.82) is 0 Å². The average Bonchev–Trinajstić information content (AvgIpc) is 2.42. The summed E-state index contributed by atoms with van der Waals surface area (Å²) in [5.41, 5.74) is 3.20. The molecule has 1 heterocycles. The number of hydrazine groups is 1. The molecule has 6 nitrogen and oxygen atoms in total. The number of nitrogens with two attached hydrogens (primary N) is 1. The number of ether oxygens (including phenoxy) is 1. The first kappa shape index (κ1) is 15.7. The molecular weight excluding hydrogens is 246 g/mol. The van der Waals surface area contributed by atoms with Crippen molar-refractivity contribution in [1.82, 2.24) is 10.3 Å². The monoisotopic (exact) mass is 269 g/mol. The van der Waals surface area contributed by atoms with Gasteiger partial charge in [-0.25, -0.2) is 5.84 Å². The summed E-state index contributed by atoms with van der Waals surface area (Å²) in [6, 6.07) is 0. The Bertz CT molecular complexity index is 336. The van der Waals surface area contributed by atoms with E-state index in [0.717, 1.165) is 12.0 Å². The normalized spacial score (nSPS) is 16.2. The topological polar surface area (TPSA) is 84.7 Å². The van der Waals surface area contributed by atoms with Crippen LogP contribution in [0.3, 0.4) is 0 Å². The van der Waals surface area contributed by atoms with E-state index in [0.29, 0.717) is 32.5 Å². The molecule has 1 fully saturated rings. The van der Waals surface area contributed by atoms with E-state index in [1.54, 1.807) is 4.90 Å². The molecule has 0 unspecified atom stereocenters. The molecule has 1 aliphatic rings. The van der Waals surface area contributed by atoms with Gasteiger partial charge in [-0.05, 0) is 26.2 Å². The van der Waals surface area contributed by atoms with E-state index in [4.69, 9.17) is 10.6 Å². The van der Waals surface area contributed by atoms with E-state index in [9.17, 15) is 9.59 Å². The highest BCUT2D eigenvalue weighted by Gasteiger charge is 2.26. The Labute approximate surface area is 113 Å². The number of rotatable bonds is 6. The van der Waals surface area contributed by atoms with E-state index in [1.165, 1.54) is 0 Å². The molecule has 0 aromatic heterocycles. The number of carbonyl (C=O) groups is 2. The number of piperidine rings is 1. The Morgan fingerprint density at radius 2 is 2.05 bits per heavy atom. The third-order valence-corrected chi connectivity index (χ3v) is 3.26. The number of hydrogen-bond acceptors (Lipinski definition) is 4. The Kier molecular flexibility index (Phi) is 6.52. The predicted octanol–water partition coefficient (Wildman–Crippen LogP) is 0.198. The number of nitrogens with one attached hydrogen (secondary N) is 1. The number of carbonyl (C=O) groups excluding carboxylic acids is 2. The van der Waals surface area contributed by atoms with Crippen molar-refractivity contribution in [2.24, 2.45) is 11.8 Å². The lowest BCUT2D eigenvalue weighted by atomic mass is 9.96. The zero-order valence-corrected chi connectivity index (χ0v) is 11.5. The number of likely N-dealkylation sites (tertiary alicyclic amines) is 1. The molecule has 1 rings (SSSR count). The Balaban J connectivity index is 2.21. The van der Waals surface area contributed by atoms with Crippen molar-refractivity contribution in [2.45, 2.75) is 26.2 Å². The summed E-state index contributed by atoms with van der Waals surface area (Å²) in [6.07, 6.45) is 2.08. The quantitative estimate of drug-likeness (QED) is 0.237. The summed E-state index contributed by atoms with van der Waals surface area (Å²) >= 11 is 0. The van der Waals surface area contributed by atoms with Crippen molar-refractivity contribution < 1.29 is 14.3 Å². The van der Waals surface area contributed by atoms with Gasteiger partial charge in [-0.2, -0.15) is 0 Å². The molecule has 0 saturated carbocycles. The lowest BCUT2D eigenvalue weighted by molar-refractivity contribution is -0.139. The van der Waals surface area contributed by atoms with E-state index in [-0.39, 0.29) is 24.3 Å². The summed E-state index contributed by atoms with van der Waals surface area (Å²) in [7, 11) is 0. The van der Waals surface area contributed by atoms with Gasteiger partial charge in [0.2, 0.25) is 11.8 Å². The average molecular weight is 269 g/mol. The van der Waals surface area contributed by atoms with Crippen LogP contribution in [0, 0.1) is 5.92 Å². The second-order valence-electron chi connectivity index (χ2n) is 4.92. The molecule has 19 heavy (non-hydrogen) atoms. The summed E-state index contributed by atoms with van der Waals surface area (Å²) in [5, 5.41) is 0. The minimum Gasteiger partial charge on any atom is -0.371 e. The van der Waals surface area contributed by atoms with E-state index < -0.39 is 0 Å². The smallest absolute Gasteiger partial charge is 0.248 e. The molecule has 0 spiro atoms. The van der Waals surface area contributed by atoms with Crippen molar-refractivity contribution >= 4 is 11.8 Å². The fourth-order valence-corrected chi connectivity index (χ4v) is 2.01. The minimum atomic E-state index is -0.148. The molecule has 108 valence electrons. The molecular formula is C13H23N3O3. The van der Waals surface area contributed by atoms with Crippen LogP contribution in [0.2, 0.25) is 0 Å². The van der Waals surface area contributed by atoms with Crippen LogP contribution in [-0.4, -0.2) is 43.0 Å². The molecule has 0 aromatic carbocycles. The third kappa shape index (κ3) is 5.40. The van der Waals surface area contributed by atoms with Gasteiger partial charge in [0.15, 0.2) is 0 Å². The highest BCUT2D eigenvalue weighted by atomic mass is 16.5. The largest absolute Gasteiger partial charge is 0.371 e. The lowest BCUT2D eigenvalue weighted by Crippen LogP contribution is -2.45. The van der Waals surface area contributed by atoms with Crippen LogP contribution in [0.5, 0.6) is 0 Å². The molecule has 0 radical (unpaired) electrons. The van der Waals surface area contributed by atoms with Gasteiger partial charge in [0, 0.05) is 19.0 Å². The molecule has 1 aliphatic heterocycles. The van der Waals surface area contributed by atoms with Gasteiger partial charge in [-0.3, -0.25) is 15.0 Å². The van der Waals surface area contributed by atoms with E-state index in [1.807, 2.05) is 6.92 Å². The summed E-state index contributed by atoms with van der Waals surface area (Å²) in [4.78, 5) is 24.9. The van der Waals surface area contributed by atoms with Gasteiger partial charge in [-0.1, -0.05) is 5.57 Å². The van der Waals surface area contributed by atoms with Crippen LogP contribution >= 0.6 is 0 Å². The maximum absolute atomic E-state index is 11.8. The maximum atomic E-state index is 11.8. The molecule has 3 N–H and O–H groups in total. The van der Waals surface area contributed by atoms with E-state index >= 15 is 0 Å². The van der Waals surface area contributed by atoms with Crippen LogP contribution in [-0.2, 0) is 14.3 Å². The van der Waals surface area contributed by atoms with Gasteiger partial charge >= 0.3 is 0 Å². The molecule has 0 atom stereocenters. The number of hydrogen-bond donors (Lipinski definition) is 2. The fraction of sp³-hybridized carbons (Fsp3) is 0.692. The van der Waals surface area contributed by atoms with Gasteiger partial charge in [0.1, 0.15) is 6.61 Å². The first-order valence-corrected chi connectivity index (χ1v) is 6.55. The van der Waals surface area contributed by atoms with Crippen molar-refractivity contribution in [2.75, 3.05) is 26.3 Å². The fourth-order valence-electron chi connectivity index (χ4n) is 2.01. The Hall–Kier alpha value is -1.40. The number of amides is 2. The van der Waals surface area contributed by atoms with Gasteiger partial charge in [0.25, 0.3) is 0 Å².